The van der Waals surface area contributed by atoms with E-state index in [4.69, 9.17) is 0 Å². The maximum atomic E-state index is 12.3. The summed E-state index contributed by atoms with van der Waals surface area (Å²) in [4.78, 5) is 12.3. The van der Waals surface area contributed by atoms with Crippen molar-refractivity contribution in [2.45, 2.75) is 53.4 Å². The van der Waals surface area contributed by atoms with Gasteiger partial charge in [-0.2, -0.15) is 0 Å². The molecule has 1 aromatic rings. The first-order valence-electron chi connectivity index (χ1n) is 9.00. The SMILES string of the molecule is CCCC[C@H](CC)CNC(=O)CN(c1ccc(C)cc1C)S(C)(=O)=O. The van der Waals surface area contributed by atoms with Crippen LogP contribution in [0, 0.1) is 19.8 Å². The number of benzene rings is 1. The second-order valence-electron chi connectivity index (χ2n) is 6.78. The van der Waals surface area contributed by atoms with Crippen LogP contribution in [0.25, 0.3) is 0 Å². The van der Waals surface area contributed by atoms with Gasteiger partial charge in [0.15, 0.2) is 0 Å². The average molecular weight is 369 g/mol. The molecule has 1 rings (SSSR count). The fourth-order valence-corrected chi connectivity index (χ4v) is 3.77. The molecule has 0 saturated carbocycles. The van der Waals surface area contributed by atoms with Crippen LogP contribution in [0.5, 0.6) is 0 Å². The van der Waals surface area contributed by atoms with E-state index >= 15 is 0 Å². The second kappa shape index (κ2) is 9.80. The summed E-state index contributed by atoms with van der Waals surface area (Å²) in [7, 11) is -3.53. The predicted molar refractivity (Wildman–Crippen MR) is 104 cm³/mol. The van der Waals surface area contributed by atoms with Gasteiger partial charge in [0.1, 0.15) is 6.54 Å². The van der Waals surface area contributed by atoms with Gasteiger partial charge in [-0.15, -0.1) is 0 Å². The Kier molecular flexibility index (Phi) is 8.42. The summed E-state index contributed by atoms with van der Waals surface area (Å²) in [5.41, 5.74) is 2.45. The van der Waals surface area contributed by atoms with Crippen molar-refractivity contribution in [3.05, 3.63) is 29.3 Å². The third-order valence-corrected chi connectivity index (χ3v) is 5.57. The zero-order valence-corrected chi connectivity index (χ0v) is 16.9. The van der Waals surface area contributed by atoms with Gasteiger partial charge in [0.2, 0.25) is 15.9 Å². The van der Waals surface area contributed by atoms with Crippen molar-refractivity contribution in [2.24, 2.45) is 5.92 Å². The number of anilines is 1. The number of carbonyl (C=O) groups is 1. The number of sulfonamides is 1. The van der Waals surface area contributed by atoms with Crippen molar-refractivity contribution in [3.63, 3.8) is 0 Å². The Hall–Kier alpha value is -1.56. The van der Waals surface area contributed by atoms with Crippen LogP contribution >= 0.6 is 0 Å². The lowest BCUT2D eigenvalue weighted by molar-refractivity contribution is -0.119. The van der Waals surface area contributed by atoms with Crippen molar-refractivity contribution in [3.8, 4) is 0 Å². The number of nitrogens with one attached hydrogen (secondary N) is 1. The number of carbonyl (C=O) groups excluding carboxylic acids is 1. The monoisotopic (exact) mass is 368 g/mol. The van der Waals surface area contributed by atoms with Crippen LogP contribution in [0.15, 0.2) is 18.2 Å². The molecule has 1 atom stereocenters. The van der Waals surface area contributed by atoms with E-state index in [0.29, 0.717) is 18.2 Å². The summed E-state index contributed by atoms with van der Waals surface area (Å²) in [5, 5.41) is 2.90. The Morgan fingerprint density at radius 2 is 1.92 bits per heavy atom. The van der Waals surface area contributed by atoms with Crippen LogP contribution in [0.1, 0.15) is 50.7 Å². The molecular formula is C19H32N2O3S. The highest BCUT2D eigenvalue weighted by Crippen LogP contribution is 2.23. The van der Waals surface area contributed by atoms with E-state index in [1.807, 2.05) is 26.0 Å². The maximum Gasteiger partial charge on any atom is 0.240 e. The Labute approximate surface area is 152 Å². The first-order valence-corrected chi connectivity index (χ1v) is 10.9. The fourth-order valence-electron chi connectivity index (χ4n) is 2.85. The molecule has 25 heavy (non-hydrogen) atoms. The minimum Gasteiger partial charge on any atom is -0.354 e. The average Bonchev–Trinajstić information content (AvgIpc) is 2.52. The minimum absolute atomic E-state index is 0.188. The molecule has 1 amide bonds. The Morgan fingerprint density at radius 3 is 2.44 bits per heavy atom. The first-order chi connectivity index (χ1) is 11.7. The molecule has 0 saturated heterocycles. The number of hydrogen-bond donors (Lipinski definition) is 1. The molecule has 0 unspecified atom stereocenters. The maximum absolute atomic E-state index is 12.3. The summed E-state index contributed by atoms with van der Waals surface area (Å²) in [6.45, 7) is 8.49. The van der Waals surface area contributed by atoms with E-state index in [1.54, 1.807) is 6.07 Å². The van der Waals surface area contributed by atoms with Crippen LogP contribution in [0.3, 0.4) is 0 Å². The Morgan fingerprint density at radius 1 is 1.24 bits per heavy atom. The van der Waals surface area contributed by atoms with Crippen molar-refractivity contribution in [2.75, 3.05) is 23.7 Å². The standard InChI is InChI=1S/C19H32N2O3S/c1-6-8-9-17(7-2)13-20-19(22)14-21(25(5,23)24)18-11-10-15(3)12-16(18)4/h10-12,17H,6-9,13-14H2,1-5H3,(H,20,22)/t17-/m0/s1. The lowest BCUT2D eigenvalue weighted by Gasteiger charge is -2.24. The van der Waals surface area contributed by atoms with Crippen molar-refractivity contribution >= 4 is 21.6 Å². The van der Waals surface area contributed by atoms with E-state index in [9.17, 15) is 13.2 Å². The number of unbranched alkanes of at least 4 members (excludes halogenated alkanes) is 1. The molecule has 0 aliphatic rings. The van der Waals surface area contributed by atoms with Crippen LogP contribution in [-0.4, -0.2) is 33.7 Å². The van der Waals surface area contributed by atoms with Gasteiger partial charge >= 0.3 is 0 Å². The highest BCUT2D eigenvalue weighted by molar-refractivity contribution is 7.92. The molecule has 0 bridgehead atoms. The number of nitrogens with zero attached hydrogens (tertiary/aromatic N) is 1. The van der Waals surface area contributed by atoms with E-state index in [2.05, 4.69) is 19.2 Å². The smallest absolute Gasteiger partial charge is 0.240 e. The van der Waals surface area contributed by atoms with Crippen LogP contribution in [-0.2, 0) is 14.8 Å². The van der Waals surface area contributed by atoms with Crippen LogP contribution in [0.4, 0.5) is 5.69 Å². The molecule has 5 nitrogen and oxygen atoms in total. The van der Waals surface area contributed by atoms with E-state index in [-0.39, 0.29) is 12.5 Å². The number of aryl methyl sites for hydroxylation is 2. The topological polar surface area (TPSA) is 66.5 Å². The molecule has 0 aromatic heterocycles. The molecule has 0 radical (unpaired) electrons. The fraction of sp³-hybridized carbons (Fsp3) is 0.632. The Bertz CT molecular complexity index is 671. The largest absolute Gasteiger partial charge is 0.354 e. The first kappa shape index (κ1) is 21.5. The molecule has 1 aromatic carbocycles. The third kappa shape index (κ3) is 7.06. The van der Waals surface area contributed by atoms with Gasteiger partial charge in [-0.25, -0.2) is 8.42 Å². The molecule has 142 valence electrons. The van der Waals surface area contributed by atoms with E-state index in [0.717, 1.165) is 43.1 Å². The highest BCUT2D eigenvalue weighted by Gasteiger charge is 2.22. The minimum atomic E-state index is -3.53. The van der Waals surface area contributed by atoms with Crippen LogP contribution in [0.2, 0.25) is 0 Å². The molecule has 0 aliphatic carbocycles. The van der Waals surface area contributed by atoms with Gasteiger partial charge in [0.05, 0.1) is 11.9 Å². The van der Waals surface area contributed by atoms with Gasteiger partial charge in [0, 0.05) is 6.54 Å². The number of hydrogen-bond acceptors (Lipinski definition) is 3. The lowest BCUT2D eigenvalue weighted by Crippen LogP contribution is -2.42. The predicted octanol–water partition coefficient (Wildman–Crippen LogP) is 3.40. The molecule has 1 N–H and O–H groups in total. The van der Waals surface area contributed by atoms with Gasteiger partial charge in [-0.3, -0.25) is 9.10 Å². The van der Waals surface area contributed by atoms with Crippen molar-refractivity contribution in [1.82, 2.24) is 5.32 Å². The summed E-state index contributed by atoms with van der Waals surface area (Å²) in [6, 6.07) is 5.54. The number of amides is 1. The van der Waals surface area contributed by atoms with Gasteiger partial charge in [-0.1, -0.05) is 50.8 Å². The van der Waals surface area contributed by atoms with Crippen LogP contribution < -0.4 is 9.62 Å². The normalized spacial score (nSPS) is 12.7. The lowest BCUT2D eigenvalue weighted by atomic mass is 9.99. The summed E-state index contributed by atoms with van der Waals surface area (Å²) < 4.78 is 25.6. The summed E-state index contributed by atoms with van der Waals surface area (Å²) in [6.07, 6.45) is 5.51. The zero-order chi connectivity index (χ0) is 19.0. The molecule has 0 aliphatic heterocycles. The molecule has 0 fully saturated rings. The van der Waals surface area contributed by atoms with Crippen molar-refractivity contribution in [1.29, 1.82) is 0 Å². The van der Waals surface area contributed by atoms with E-state index < -0.39 is 10.0 Å². The number of rotatable bonds is 10. The van der Waals surface area contributed by atoms with E-state index in [1.165, 1.54) is 4.31 Å². The third-order valence-electron chi connectivity index (χ3n) is 4.44. The summed E-state index contributed by atoms with van der Waals surface area (Å²) in [5.74, 6) is 0.178. The molecular weight excluding hydrogens is 336 g/mol. The molecule has 0 spiro atoms. The molecule has 6 heteroatoms. The van der Waals surface area contributed by atoms with Gasteiger partial charge in [-0.05, 0) is 37.8 Å². The highest BCUT2D eigenvalue weighted by atomic mass is 32.2. The molecule has 0 heterocycles. The Balaban J connectivity index is 2.81. The zero-order valence-electron chi connectivity index (χ0n) is 16.1. The van der Waals surface area contributed by atoms with Crippen molar-refractivity contribution < 1.29 is 13.2 Å². The van der Waals surface area contributed by atoms with Gasteiger partial charge in [0.25, 0.3) is 0 Å². The quantitative estimate of drug-likeness (QED) is 0.688. The van der Waals surface area contributed by atoms with Gasteiger partial charge < -0.3 is 5.32 Å². The summed E-state index contributed by atoms with van der Waals surface area (Å²) >= 11 is 0. The second-order valence-corrected chi connectivity index (χ2v) is 8.69.